The number of rotatable bonds is 6. The molecule has 100 valence electrons. The number of piperidine rings is 1. The minimum atomic E-state index is 0.204. The van der Waals surface area contributed by atoms with E-state index in [4.69, 9.17) is 0 Å². The molecule has 1 aliphatic rings. The fourth-order valence-electron chi connectivity index (χ4n) is 2.16. The van der Waals surface area contributed by atoms with Gasteiger partial charge in [-0.25, -0.2) is 0 Å². The van der Waals surface area contributed by atoms with E-state index in [1.807, 2.05) is 23.7 Å². The van der Waals surface area contributed by atoms with E-state index in [1.165, 1.54) is 0 Å². The first-order chi connectivity index (χ1) is 8.16. The molecule has 2 atom stereocenters. The summed E-state index contributed by atoms with van der Waals surface area (Å²) in [5.74, 6) is 2.84. The van der Waals surface area contributed by atoms with Gasteiger partial charge in [0.2, 0.25) is 5.91 Å². The highest BCUT2D eigenvalue weighted by molar-refractivity contribution is 7.99. The molecule has 3 nitrogen and oxygen atoms in total. The van der Waals surface area contributed by atoms with Crippen LogP contribution in [0, 0.1) is 5.92 Å². The van der Waals surface area contributed by atoms with Crippen LogP contribution in [-0.2, 0) is 4.79 Å². The number of carbonyl (C=O) groups is 1. The Morgan fingerprint density at radius 2 is 2.35 bits per heavy atom. The first kappa shape index (κ1) is 14.8. The van der Waals surface area contributed by atoms with Crippen LogP contribution in [0.5, 0.6) is 0 Å². The van der Waals surface area contributed by atoms with Gasteiger partial charge in [-0.05, 0) is 44.2 Å². The standard InChI is InChI=1S/C13H26N2OS/c1-4-17-9-7-11(2)15(3)13(16)12-6-5-8-14-10-12/h11-12,14H,4-10H2,1-3H3. The van der Waals surface area contributed by atoms with Gasteiger partial charge >= 0.3 is 0 Å². The summed E-state index contributed by atoms with van der Waals surface area (Å²) in [6, 6.07) is 0.364. The summed E-state index contributed by atoms with van der Waals surface area (Å²) < 4.78 is 0. The molecule has 0 saturated carbocycles. The first-order valence-electron chi connectivity index (χ1n) is 6.72. The number of nitrogens with zero attached hydrogens (tertiary/aromatic N) is 1. The lowest BCUT2D eigenvalue weighted by atomic mass is 9.97. The molecular weight excluding hydrogens is 232 g/mol. The van der Waals surface area contributed by atoms with Crippen molar-refractivity contribution in [2.45, 2.75) is 39.2 Å². The van der Waals surface area contributed by atoms with Crippen LogP contribution >= 0.6 is 11.8 Å². The van der Waals surface area contributed by atoms with E-state index >= 15 is 0 Å². The highest BCUT2D eigenvalue weighted by atomic mass is 32.2. The number of amides is 1. The zero-order valence-electron chi connectivity index (χ0n) is 11.4. The summed E-state index contributed by atoms with van der Waals surface area (Å²) in [7, 11) is 1.96. The second-order valence-electron chi connectivity index (χ2n) is 4.83. The van der Waals surface area contributed by atoms with Crippen molar-refractivity contribution in [1.29, 1.82) is 0 Å². The highest BCUT2D eigenvalue weighted by Gasteiger charge is 2.25. The number of hydrogen-bond donors (Lipinski definition) is 1. The summed E-state index contributed by atoms with van der Waals surface area (Å²) in [5.41, 5.74) is 0. The second kappa shape index (κ2) is 7.98. The Balaban J connectivity index is 2.33. The predicted octanol–water partition coefficient (Wildman–Crippen LogP) is 1.98. The molecule has 0 aromatic rings. The Kier molecular flexibility index (Phi) is 6.97. The Morgan fingerprint density at radius 1 is 1.59 bits per heavy atom. The lowest BCUT2D eigenvalue weighted by Crippen LogP contribution is -2.44. The maximum Gasteiger partial charge on any atom is 0.226 e. The van der Waals surface area contributed by atoms with Crippen molar-refractivity contribution in [3.8, 4) is 0 Å². The van der Waals surface area contributed by atoms with Gasteiger partial charge in [0, 0.05) is 19.6 Å². The molecule has 1 amide bonds. The average molecular weight is 258 g/mol. The maximum atomic E-state index is 12.3. The molecule has 17 heavy (non-hydrogen) atoms. The highest BCUT2D eigenvalue weighted by Crippen LogP contribution is 2.16. The fraction of sp³-hybridized carbons (Fsp3) is 0.923. The van der Waals surface area contributed by atoms with Gasteiger partial charge in [0.15, 0.2) is 0 Å². The molecular formula is C13H26N2OS. The summed E-state index contributed by atoms with van der Waals surface area (Å²) in [4.78, 5) is 14.2. The van der Waals surface area contributed by atoms with Crippen LogP contribution in [0.15, 0.2) is 0 Å². The fourth-order valence-corrected chi connectivity index (χ4v) is 2.96. The molecule has 1 fully saturated rings. The van der Waals surface area contributed by atoms with Gasteiger partial charge in [-0.2, -0.15) is 11.8 Å². The van der Waals surface area contributed by atoms with Gasteiger partial charge < -0.3 is 10.2 Å². The lowest BCUT2D eigenvalue weighted by molar-refractivity contribution is -0.136. The molecule has 0 aromatic heterocycles. The quantitative estimate of drug-likeness (QED) is 0.739. The summed E-state index contributed by atoms with van der Waals surface area (Å²) in [5, 5.41) is 3.31. The van der Waals surface area contributed by atoms with Crippen molar-refractivity contribution in [1.82, 2.24) is 10.2 Å². The van der Waals surface area contributed by atoms with Crippen molar-refractivity contribution >= 4 is 17.7 Å². The van der Waals surface area contributed by atoms with E-state index in [1.54, 1.807) is 0 Å². The van der Waals surface area contributed by atoms with E-state index < -0.39 is 0 Å². The number of thioether (sulfide) groups is 1. The van der Waals surface area contributed by atoms with Crippen LogP contribution in [0.2, 0.25) is 0 Å². The van der Waals surface area contributed by atoms with Crippen molar-refractivity contribution in [2.75, 3.05) is 31.6 Å². The molecule has 4 heteroatoms. The van der Waals surface area contributed by atoms with E-state index in [-0.39, 0.29) is 5.92 Å². The van der Waals surface area contributed by atoms with Crippen LogP contribution in [0.4, 0.5) is 0 Å². The number of hydrogen-bond acceptors (Lipinski definition) is 3. The first-order valence-corrected chi connectivity index (χ1v) is 7.87. The van der Waals surface area contributed by atoms with E-state index in [0.29, 0.717) is 11.9 Å². The SMILES string of the molecule is CCSCCC(C)N(C)C(=O)C1CCCNC1. The molecule has 0 radical (unpaired) electrons. The van der Waals surface area contributed by atoms with Crippen molar-refractivity contribution < 1.29 is 4.79 Å². The smallest absolute Gasteiger partial charge is 0.226 e. The second-order valence-corrected chi connectivity index (χ2v) is 6.22. The molecule has 1 N–H and O–H groups in total. The predicted molar refractivity (Wildman–Crippen MR) is 75.4 cm³/mol. The topological polar surface area (TPSA) is 32.3 Å². The van der Waals surface area contributed by atoms with E-state index in [9.17, 15) is 4.79 Å². The van der Waals surface area contributed by atoms with Crippen LogP contribution < -0.4 is 5.32 Å². The van der Waals surface area contributed by atoms with Gasteiger partial charge in [-0.3, -0.25) is 4.79 Å². The minimum Gasteiger partial charge on any atom is -0.343 e. The van der Waals surface area contributed by atoms with Crippen LogP contribution in [0.3, 0.4) is 0 Å². The normalized spacial score (nSPS) is 22.2. The van der Waals surface area contributed by atoms with Crippen molar-refractivity contribution in [3.63, 3.8) is 0 Å². The van der Waals surface area contributed by atoms with Crippen LogP contribution in [0.1, 0.15) is 33.1 Å². The van der Waals surface area contributed by atoms with E-state index in [2.05, 4.69) is 19.2 Å². The van der Waals surface area contributed by atoms with Crippen molar-refractivity contribution in [2.24, 2.45) is 5.92 Å². The Hall–Kier alpha value is -0.220. The number of carbonyl (C=O) groups excluding carboxylic acids is 1. The molecule has 0 aromatic carbocycles. The van der Waals surface area contributed by atoms with Gasteiger partial charge in [-0.1, -0.05) is 6.92 Å². The largest absolute Gasteiger partial charge is 0.343 e. The maximum absolute atomic E-state index is 12.3. The van der Waals surface area contributed by atoms with Crippen molar-refractivity contribution in [3.05, 3.63) is 0 Å². The Morgan fingerprint density at radius 3 is 2.94 bits per heavy atom. The van der Waals surface area contributed by atoms with Crippen LogP contribution in [0.25, 0.3) is 0 Å². The van der Waals surface area contributed by atoms with E-state index in [0.717, 1.165) is 43.9 Å². The van der Waals surface area contributed by atoms with Crippen LogP contribution in [-0.4, -0.2) is 48.5 Å². The monoisotopic (exact) mass is 258 g/mol. The summed E-state index contributed by atoms with van der Waals surface area (Å²) in [6.45, 7) is 6.26. The summed E-state index contributed by atoms with van der Waals surface area (Å²) >= 11 is 1.95. The molecule has 1 rings (SSSR count). The molecule has 0 bridgehead atoms. The molecule has 1 heterocycles. The van der Waals surface area contributed by atoms with Gasteiger partial charge in [0.05, 0.1) is 5.92 Å². The molecule has 0 aliphatic carbocycles. The lowest BCUT2D eigenvalue weighted by Gasteiger charge is -2.31. The molecule has 2 unspecified atom stereocenters. The Labute approximate surface area is 110 Å². The number of nitrogens with one attached hydrogen (secondary N) is 1. The third kappa shape index (κ3) is 4.88. The average Bonchev–Trinajstić information content (AvgIpc) is 2.38. The zero-order valence-corrected chi connectivity index (χ0v) is 12.2. The summed E-state index contributed by atoms with van der Waals surface area (Å²) in [6.07, 6.45) is 3.28. The molecule has 1 aliphatic heterocycles. The minimum absolute atomic E-state index is 0.204. The molecule has 0 spiro atoms. The molecule has 1 saturated heterocycles. The van der Waals surface area contributed by atoms with Gasteiger partial charge in [0.25, 0.3) is 0 Å². The van der Waals surface area contributed by atoms with Gasteiger partial charge in [-0.15, -0.1) is 0 Å². The zero-order chi connectivity index (χ0) is 12.7. The Bertz CT molecular complexity index is 229. The third-order valence-electron chi connectivity index (χ3n) is 3.54. The van der Waals surface area contributed by atoms with Gasteiger partial charge in [0.1, 0.15) is 0 Å². The third-order valence-corrected chi connectivity index (χ3v) is 4.47.